The van der Waals surface area contributed by atoms with Gasteiger partial charge >= 0.3 is 5.97 Å². The summed E-state index contributed by atoms with van der Waals surface area (Å²) in [6.45, 7) is 4.09. The fraction of sp³-hybridized carbons (Fsp3) is 0.462. The van der Waals surface area contributed by atoms with Gasteiger partial charge in [-0.15, -0.1) is 0 Å². The molecule has 0 amide bonds. The minimum Gasteiger partial charge on any atom is -0.491 e. The summed E-state index contributed by atoms with van der Waals surface area (Å²) in [5, 5.41) is 18.2. The van der Waals surface area contributed by atoms with Crippen LogP contribution in [0.3, 0.4) is 0 Å². The zero-order valence-electron chi connectivity index (χ0n) is 10.1. The van der Waals surface area contributed by atoms with Crippen LogP contribution in [0.1, 0.15) is 19.4 Å². The maximum absolute atomic E-state index is 10.5. The molecule has 1 unspecified atom stereocenters. The Bertz CT molecular complexity index is 356. The van der Waals surface area contributed by atoms with Gasteiger partial charge < -0.3 is 14.9 Å². The van der Waals surface area contributed by atoms with E-state index in [2.05, 4.69) is 0 Å². The molecule has 0 spiro atoms. The van der Waals surface area contributed by atoms with Crippen molar-refractivity contribution in [2.45, 2.75) is 26.4 Å². The molecule has 0 heterocycles. The first-order chi connectivity index (χ1) is 7.99. The van der Waals surface area contributed by atoms with Crippen LogP contribution in [0.4, 0.5) is 0 Å². The molecule has 0 saturated heterocycles. The van der Waals surface area contributed by atoms with Gasteiger partial charge in [-0.2, -0.15) is 0 Å². The summed E-state index contributed by atoms with van der Waals surface area (Å²) in [5.74, 6) is -0.0611. The quantitative estimate of drug-likeness (QED) is 0.791. The summed E-state index contributed by atoms with van der Waals surface area (Å²) in [7, 11) is 0. The van der Waals surface area contributed by atoms with Gasteiger partial charge in [0.2, 0.25) is 0 Å². The Kier molecular flexibility index (Phi) is 4.97. The molecular formula is C13H18O4. The van der Waals surface area contributed by atoms with Crippen LogP contribution in [0.2, 0.25) is 0 Å². The molecule has 1 aromatic carbocycles. The molecule has 0 aliphatic heterocycles. The molecule has 0 fully saturated rings. The zero-order chi connectivity index (χ0) is 12.8. The fourth-order valence-corrected chi connectivity index (χ4v) is 1.25. The first kappa shape index (κ1) is 13.5. The highest BCUT2D eigenvalue weighted by atomic mass is 16.5. The van der Waals surface area contributed by atoms with Gasteiger partial charge in [0.15, 0.2) is 0 Å². The van der Waals surface area contributed by atoms with Crippen molar-refractivity contribution in [2.24, 2.45) is 5.92 Å². The third kappa shape index (κ3) is 4.87. The van der Waals surface area contributed by atoms with E-state index >= 15 is 0 Å². The summed E-state index contributed by atoms with van der Waals surface area (Å²) in [4.78, 5) is 10.5. The van der Waals surface area contributed by atoms with Crippen molar-refractivity contribution < 1.29 is 19.7 Å². The molecule has 1 aromatic rings. The standard InChI is InChI=1S/C13H18O4/c1-9(2)12(14)8-17-11-5-3-10(4-6-11)7-13(15)16/h3-6,9,12,14H,7-8H2,1-2H3,(H,15,16). The highest BCUT2D eigenvalue weighted by Gasteiger charge is 2.09. The molecule has 0 radical (unpaired) electrons. The van der Waals surface area contributed by atoms with Crippen LogP contribution in [-0.4, -0.2) is 28.9 Å². The molecule has 0 saturated carbocycles. The second-order valence-electron chi connectivity index (χ2n) is 4.34. The van der Waals surface area contributed by atoms with E-state index in [0.717, 1.165) is 5.56 Å². The monoisotopic (exact) mass is 238 g/mol. The molecule has 0 aromatic heterocycles. The van der Waals surface area contributed by atoms with Crippen LogP contribution in [0.25, 0.3) is 0 Å². The van der Waals surface area contributed by atoms with Crippen LogP contribution in [0.15, 0.2) is 24.3 Å². The molecule has 2 N–H and O–H groups in total. The maximum Gasteiger partial charge on any atom is 0.307 e. The van der Waals surface area contributed by atoms with Gasteiger partial charge in [0.25, 0.3) is 0 Å². The predicted molar refractivity (Wildman–Crippen MR) is 64.1 cm³/mol. The van der Waals surface area contributed by atoms with Gasteiger partial charge in [0, 0.05) is 0 Å². The lowest BCUT2D eigenvalue weighted by atomic mass is 10.1. The van der Waals surface area contributed by atoms with E-state index < -0.39 is 12.1 Å². The van der Waals surface area contributed by atoms with E-state index in [-0.39, 0.29) is 18.9 Å². The van der Waals surface area contributed by atoms with Gasteiger partial charge in [-0.3, -0.25) is 4.79 Å². The summed E-state index contributed by atoms with van der Waals surface area (Å²) in [6, 6.07) is 6.85. The summed E-state index contributed by atoms with van der Waals surface area (Å²) >= 11 is 0. The van der Waals surface area contributed by atoms with Gasteiger partial charge in [-0.05, 0) is 23.6 Å². The predicted octanol–water partition coefficient (Wildman–Crippen LogP) is 1.71. The zero-order valence-corrected chi connectivity index (χ0v) is 10.1. The van der Waals surface area contributed by atoms with E-state index in [0.29, 0.717) is 5.75 Å². The number of carbonyl (C=O) groups is 1. The van der Waals surface area contributed by atoms with E-state index in [1.54, 1.807) is 24.3 Å². The van der Waals surface area contributed by atoms with Crippen molar-refractivity contribution in [1.29, 1.82) is 0 Å². The van der Waals surface area contributed by atoms with Crippen LogP contribution >= 0.6 is 0 Å². The van der Waals surface area contributed by atoms with Gasteiger partial charge in [-0.25, -0.2) is 0 Å². The molecular weight excluding hydrogens is 220 g/mol. The first-order valence-corrected chi connectivity index (χ1v) is 5.60. The number of carboxylic acids is 1. The Labute approximate surface area is 101 Å². The third-order valence-electron chi connectivity index (χ3n) is 2.47. The van der Waals surface area contributed by atoms with Crippen molar-refractivity contribution in [3.05, 3.63) is 29.8 Å². The van der Waals surface area contributed by atoms with Crippen LogP contribution < -0.4 is 4.74 Å². The molecule has 0 bridgehead atoms. The van der Waals surface area contributed by atoms with Crippen molar-refractivity contribution >= 4 is 5.97 Å². The normalized spacial score (nSPS) is 12.5. The highest BCUT2D eigenvalue weighted by Crippen LogP contribution is 2.14. The number of rotatable bonds is 6. The third-order valence-corrected chi connectivity index (χ3v) is 2.47. The highest BCUT2D eigenvalue weighted by molar-refractivity contribution is 5.70. The van der Waals surface area contributed by atoms with Crippen molar-refractivity contribution in [3.63, 3.8) is 0 Å². The Morgan fingerprint density at radius 2 is 1.88 bits per heavy atom. The Morgan fingerprint density at radius 3 is 2.35 bits per heavy atom. The minimum atomic E-state index is -0.853. The van der Waals surface area contributed by atoms with E-state index in [9.17, 15) is 9.90 Å². The molecule has 4 nitrogen and oxygen atoms in total. The second kappa shape index (κ2) is 6.25. The first-order valence-electron chi connectivity index (χ1n) is 5.60. The average molecular weight is 238 g/mol. The molecule has 17 heavy (non-hydrogen) atoms. The number of hydrogen-bond acceptors (Lipinski definition) is 3. The SMILES string of the molecule is CC(C)C(O)COc1ccc(CC(=O)O)cc1. The number of benzene rings is 1. The maximum atomic E-state index is 10.5. The lowest BCUT2D eigenvalue weighted by molar-refractivity contribution is -0.136. The number of aliphatic hydroxyl groups is 1. The van der Waals surface area contributed by atoms with Gasteiger partial charge in [0.1, 0.15) is 12.4 Å². The topological polar surface area (TPSA) is 66.8 Å². The molecule has 0 aliphatic rings. The van der Waals surface area contributed by atoms with Crippen molar-refractivity contribution in [1.82, 2.24) is 0 Å². The van der Waals surface area contributed by atoms with E-state index in [4.69, 9.17) is 9.84 Å². The Hall–Kier alpha value is -1.55. The van der Waals surface area contributed by atoms with Crippen LogP contribution in [0, 0.1) is 5.92 Å². The van der Waals surface area contributed by atoms with Crippen LogP contribution in [0.5, 0.6) is 5.75 Å². The average Bonchev–Trinajstić information content (AvgIpc) is 2.26. The molecule has 0 aliphatic carbocycles. The summed E-state index contributed by atoms with van der Waals surface area (Å²) in [6.07, 6.45) is -0.483. The smallest absolute Gasteiger partial charge is 0.307 e. The number of carboxylic acid groups (broad SMARTS) is 1. The summed E-state index contributed by atoms with van der Waals surface area (Å²) < 4.78 is 5.39. The fourth-order valence-electron chi connectivity index (χ4n) is 1.25. The summed E-state index contributed by atoms with van der Waals surface area (Å²) in [5.41, 5.74) is 0.731. The molecule has 1 rings (SSSR count). The van der Waals surface area contributed by atoms with E-state index in [1.165, 1.54) is 0 Å². The van der Waals surface area contributed by atoms with Crippen molar-refractivity contribution in [2.75, 3.05) is 6.61 Å². The molecule has 4 heteroatoms. The minimum absolute atomic E-state index is 0.00883. The van der Waals surface area contributed by atoms with Crippen molar-refractivity contribution in [3.8, 4) is 5.75 Å². The number of aliphatic hydroxyl groups excluding tert-OH is 1. The van der Waals surface area contributed by atoms with E-state index in [1.807, 2.05) is 13.8 Å². The lowest BCUT2D eigenvalue weighted by Crippen LogP contribution is -2.23. The molecule has 1 atom stereocenters. The largest absolute Gasteiger partial charge is 0.491 e. The Balaban J connectivity index is 2.48. The number of hydrogen-bond donors (Lipinski definition) is 2. The lowest BCUT2D eigenvalue weighted by Gasteiger charge is -2.15. The van der Waals surface area contributed by atoms with Gasteiger partial charge in [0.05, 0.1) is 12.5 Å². The molecule has 94 valence electrons. The number of ether oxygens (including phenoxy) is 1. The van der Waals surface area contributed by atoms with Gasteiger partial charge in [-0.1, -0.05) is 26.0 Å². The number of aliphatic carboxylic acids is 1. The second-order valence-corrected chi connectivity index (χ2v) is 4.34. The van der Waals surface area contributed by atoms with Crippen LogP contribution in [-0.2, 0) is 11.2 Å². The Morgan fingerprint density at radius 1 is 1.29 bits per heavy atom.